The molecule has 0 saturated heterocycles. The molecular weight excluding hydrogens is 366 g/mol. The number of nitrogens with zero attached hydrogens (tertiary/aromatic N) is 3. The minimum atomic E-state index is -0.460. The van der Waals surface area contributed by atoms with E-state index in [4.69, 9.17) is 0 Å². The molecule has 0 radical (unpaired) electrons. The fourth-order valence-corrected chi connectivity index (χ4v) is 3.06. The third-order valence-electron chi connectivity index (χ3n) is 4.86. The van der Waals surface area contributed by atoms with Crippen LogP contribution in [0, 0.1) is 19.8 Å². The van der Waals surface area contributed by atoms with Gasteiger partial charge in [0.15, 0.2) is 6.54 Å². The summed E-state index contributed by atoms with van der Waals surface area (Å²) < 4.78 is 0.510. The van der Waals surface area contributed by atoms with Crippen LogP contribution in [0.5, 0.6) is 0 Å². The maximum atomic E-state index is 13.2. The van der Waals surface area contributed by atoms with Gasteiger partial charge in [0.05, 0.1) is 27.1 Å². The number of aryl methyl sites for hydroxylation is 2. The number of benzene rings is 1. The van der Waals surface area contributed by atoms with Crippen molar-refractivity contribution in [1.29, 1.82) is 0 Å². The molecule has 0 unspecified atom stereocenters. The SMILES string of the molecule is CCN(CC)C[C@@H](C(=O)Nc1c(C)cccc1C)/C(C)=N\NC(=O)C[N+](C)(C)C. The number of likely N-dealkylation sites (N-methyl/N-ethyl adjacent to an activating group) is 1. The molecule has 0 spiro atoms. The van der Waals surface area contributed by atoms with E-state index in [0.717, 1.165) is 29.9 Å². The van der Waals surface area contributed by atoms with Gasteiger partial charge in [-0.3, -0.25) is 9.59 Å². The third-order valence-corrected chi connectivity index (χ3v) is 4.86. The van der Waals surface area contributed by atoms with Crippen molar-refractivity contribution in [2.75, 3.05) is 52.6 Å². The van der Waals surface area contributed by atoms with E-state index in [-0.39, 0.29) is 11.8 Å². The summed E-state index contributed by atoms with van der Waals surface area (Å²) in [5.41, 5.74) is 6.07. The Hall–Kier alpha value is -2.25. The first kappa shape index (κ1) is 24.8. The van der Waals surface area contributed by atoms with Gasteiger partial charge in [-0.05, 0) is 45.0 Å². The summed E-state index contributed by atoms with van der Waals surface area (Å²) in [5, 5.41) is 7.33. The number of para-hydroxylation sites is 1. The lowest BCUT2D eigenvalue weighted by atomic mass is 10.0. The van der Waals surface area contributed by atoms with Crippen molar-refractivity contribution in [2.24, 2.45) is 11.0 Å². The number of amides is 2. The molecule has 162 valence electrons. The molecule has 0 aliphatic heterocycles. The van der Waals surface area contributed by atoms with E-state index in [9.17, 15) is 9.59 Å². The normalized spacial score (nSPS) is 13.3. The highest BCUT2D eigenvalue weighted by atomic mass is 16.2. The van der Waals surface area contributed by atoms with Gasteiger partial charge in [-0.1, -0.05) is 32.0 Å². The van der Waals surface area contributed by atoms with Gasteiger partial charge in [-0.25, -0.2) is 5.43 Å². The number of quaternary nitrogens is 1. The van der Waals surface area contributed by atoms with E-state index in [1.54, 1.807) is 6.92 Å². The molecule has 2 N–H and O–H groups in total. The Morgan fingerprint density at radius 2 is 1.66 bits per heavy atom. The number of hydrogen-bond donors (Lipinski definition) is 2. The molecule has 2 amide bonds. The van der Waals surface area contributed by atoms with Gasteiger partial charge in [-0.15, -0.1) is 0 Å². The van der Waals surface area contributed by atoms with Crippen molar-refractivity contribution < 1.29 is 14.1 Å². The molecule has 7 nitrogen and oxygen atoms in total. The van der Waals surface area contributed by atoms with Crippen molar-refractivity contribution in [3.8, 4) is 0 Å². The number of carbonyl (C=O) groups is 2. The second-order valence-corrected chi connectivity index (χ2v) is 8.53. The second kappa shape index (κ2) is 11.1. The van der Waals surface area contributed by atoms with Crippen LogP contribution in [0.4, 0.5) is 5.69 Å². The summed E-state index contributed by atoms with van der Waals surface area (Å²) >= 11 is 0. The Labute approximate surface area is 175 Å². The number of hydrazone groups is 1. The molecule has 1 aromatic rings. The van der Waals surface area contributed by atoms with Crippen LogP contribution in [0.2, 0.25) is 0 Å². The predicted molar refractivity (Wildman–Crippen MR) is 120 cm³/mol. The molecule has 29 heavy (non-hydrogen) atoms. The first-order chi connectivity index (χ1) is 13.5. The van der Waals surface area contributed by atoms with Crippen LogP contribution in [0.15, 0.2) is 23.3 Å². The van der Waals surface area contributed by atoms with Crippen molar-refractivity contribution in [1.82, 2.24) is 10.3 Å². The van der Waals surface area contributed by atoms with Gasteiger partial charge in [0.25, 0.3) is 5.91 Å². The highest BCUT2D eigenvalue weighted by Gasteiger charge is 2.25. The second-order valence-electron chi connectivity index (χ2n) is 8.53. The van der Waals surface area contributed by atoms with Crippen LogP contribution in [0.3, 0.4) is 0 Å². The largest absolute Gasteiger partial charge is 0.325 e. The van der Waals surface area contributed by atoms with Crippen molar-refractivity contribution in [2.45, 2.75) is 34.6 Å². The van der Waals surface area contributed by atoms with Crippen LogP contribution in [0.1, 0.15) is 31.9 Å². The molecule has 1 aromatic carbocycles. The minimum Gasteiger partial charge on any atom is -0.325 e. The molecule has 0 aliphatic rings. The molecule has 0 aromatic heterocycles. The fraction of sp³-hybridized carbons (Fsp3) is 0.591. The van der Waals surface area contributed by atoms with Crippen LogP contribution in [-0.2, 0) is 9.59 Å². The van der Waals surface area contributed by atoms with E-state index in [2.05, 4.69) is 34.6 Å². The smallest absolute Gasteiger partial charge is 0.295 e. The average Bonchev–Trinajstić information content (AvgIpc) is 2.62. The standard InChI is InChI=1S/C22H37N5O2/c1-9-26(10-2)14-19(18(5)24-25-20(28)15-27(6,7)8)22(29)23-21-16(3)12-11-13-17(21)4/h11-13,19H,9-10,14-15H2,1-8H3,(H-,23,25,28,29)/p+1/b24-18-/t19-/m1/s1. The van der Waals surface area contributed by atoms with Crippen LogP contribution in [0.25, 0.3) is 0 Å². The van der Waals surface area contributed by atoms with E-state index in [1.807, 2.05) is 53.2 Å². The quantitative estimate of drug-likeness (QED) is 0.357. The molecule has 0 aliphatic carbocycles. The van der Waals surface area contributed by atoms with Crippen LogP contribution < -0.4 is 10.7 Å². The highest BCUT2D eigenvalue weighted by Crippen LogP contribution is 2.20. The van der Waals surface area contributed by atoms with Crippen molar-refractivity contribution >= 4 is 23.2 Å². The number of hydrogen-bond acceptors (Lipinski definition) is 4. The Morgan fingerprint density at radius 1 is 1.10 bits per heavy atom. The zero-order chi connectivity index (χ0) is 22.2. The molecule has 7 heteroatoms. The Morgan fingerprint density at radius 3 is 2.14 bits per heavy atom. The minimum absolute atomic E-state index is 0.114. The molecule has 1 atom stereocenters. The summed E-state index contributed by atoms with van der Waals surface area (Å²) in [6.07, 6.45) is 0. The lowest BCUT2D eigenvalue weighted by Crippen LogP contribution is -2.44. The number of anilines is 1. The van der Waals surface area contributed by atoms with E-state index in [0.29, 0.717) is 23.3 Å². The van der Waals surface area contributed by atoms with E-state index < -0.39 is 5.92 Å². The molecule has 0 saturated carbocycles. The number of rotatable bonds is 10. The zero-order valence-corrected chi connectivity index (χ0v) is 19.3. The first-order valence-electron chi connectivity index (χ1n) is 10.2. The van der Waals surface area contributed by atoms with Gasteiger partial charge in [0.1, 0.15) is 0 Å². The third kappa shape index (κ3) is 8.33. The Bertz CT molecular complexity index is 713. The van der Waals surface area contributed by atoms with Gasteiger partial charge in [0.2, 0.25) is 5.91 Å². The molecule has 0 bridgehead atoms. The van der Waals surface area contributed by atoms with Gasteiger partial charge < -0.3 is 14.7 Å². The summed E-state index contributed by atoms with van der Waals surface area (Å²) in [6, 6.07) is 5.94. The van der Waals surface area contributed by atoms with Crippen LogP contribution in [-0.4, -0.2) is 74.2 Å². The molecule has 0 fully saturated rings. The maximum Gasteiger partial charge on any atom is 0.295 e. The van der Waals surface area contributed by atoms with Gasteiger partial charge >= 0.3 is 0 Å². The maximum absolute atomic E-state index is 13.2. The van der Waals surface area contributed by atoms with Crippen molar-refractivity contribution in [3.63, 3.8) is 0 Å². The van der Waals surface area contributed by atoms with E-state index in [1.165, 1.54) is 0 Å². The number of nitrogens with one attached hydrogen (secondary N) is 2. The lowest BCUT2D eigenvalue weighted by Gasteiger charge is -2.25. The van der Waals surface area contributed by atoms with E-state index >= 15 is 0 Å². The lowest BCUT2D eigenvalue weighted by molar-refractivity contribution is -0.862. The summed E-state index contributed by atoms with van der Waals surface area (Å²) in [5.74, 6) is -0.747. The van der Waals surface area contributed by atoms with Gasteiger partial charge in [0, 0.05) is 17.9 Å². The molecular formula is C22H38N5O2+. The summed E-state index contributed by atoms with van der Waals surface area (Å²) in [6.45, 7) is 12.4. The Kier molecular flexibility index (Phi) is 9.46. The summed E-state index contributed by atoms with van der Waals surface area (Å²) in [7, 11) is 5.83. The highest BCUT2D eigenvalue weighted by molar-refractivity contribution is 6.09. The van der Waals surface area contributed by atoms with Crippen molar-refractivity contribution in [3.05, 3.63) is 29.3 Å². The van der Waals surface area contributed by atoms with Gasteiger partial charge in [-0.2, -0.15) is 5.10 Å². The molecule has 1 rings (SSSR count). The fourth-order valence-electron chi connectivity index (χ4n) is 3.06. The molecule has 0 heterocycles. The number of carbonyl (C=O) groups excluding carboxylic acids is 2. The average molecular weight is 405 g/mol. The monoisotopic (exact) mass is 404 g/mol. The zero-order valence-electron chi connectivity index (χ0n) is 19.3. The summed E-state index contributed by atoms with van der Waals surface area (Å²) in [4.78, 5) is 27.5. The van der Waals surface area contributed by atoms with Crippen LogP contribution >= 0.6 is 0 Å². The predicted octanol–water partition coefficient (Wildman–Crippen LogP) is 2.40. The topological polar surface area (TPSA) is 73.8 Å². The first-order valence-corrected chi connectivity index (χ1v) is 10.2. The Balaban J connectivity index is 3.04.